The van der Waals surface area contributed by atoms with Crippen LogP contribution in [-0.2, 0) is 4.74 Å². The van der Waals surface area contributed by atoms with E-state index in [0.717, 1.165) is 19.7 Å². The Morgan fingerprint density at radius 1 is 1.41 bits per heavy atom. The summed E-state index contributed by atoms with van der Waals surface area (Å²) in [7, 11) is 0. The van der Waals surface area contributed by atoms with Crippen LogP contribution in [-0.4, -0.2) is 48.8 Å². The molecular formula is C17H23N3O2. The van der Waals surface area contributed by atoms with Gasteiger partial charge in [0.1, 0.15) is 0 Å². The molecule has 2 unspecified atom stereocenters. The molecule has 2 atom stereocenters. The summed E-state index contributed by atoms with van der Waals surface area (Å²) in [6, 6.07) is 5.50. The van der Waals surface area contributed by atoms with E-state index >= 15 is 0 Å². The number of likely N-dealkylation sites (tertiary alicyclic amines) is 1. The third-order valence-corrected chi connectivity index (χ3v) is 4.42. The predicted octanol–water partition coefficient (Wildman–Crippen LogP) is 2.22. The predicted molar refractivity (Wildman–Crippen MR) is 82.6 cm³/mol. The van der Waals surface area contributed by atoms with E-state index in [0.29, 0.717) is 30.1 Å². The monoisotopic (exact) mass is 301 g/mol. The number of pyridine rings is 1. The third-order valence-electron chi connectivity index (χ3n) is 4.42. The number of piperidine rings is 1. The number of aromatic nitrogens is 1. The first-order chi connectivity index (χ1) is 10.8. The molecule has 5 heteroatoms. The van der Waals surface area contributed by atoms with E-state index in [4.69, 9.17) is 14.7 Å². The fourth-order valence-electron chi connectivity index (χ4n) is 3.29. The molecular weight excluding hydrogens is 278 g/mol. The standard InChI is InChI=1S/C17H23N3O2/c18-10-14-5-6-19-17(9-14)22-13-15-3-1-7-20(11-15)12-16-4-2-8-21-16/h5-6,9,15-16H,1-4,7-8,11-13H2. The molecule has 0 radical (unpaired) electrons. The molecule has 1 aromatic heterocycles. The highest BCUT2D eigenvalue weighted by atomic mass is 16.5. The second-order valence-electron chi connectivity index (χ2n) is 6.21. The summed E-state index contributed by atoms with van der Waals surface area (Å²) in [4.78, 5) is 6.67. The van der Waals surface area contributed by atoms with E-state index in [1.165, 1.54) is 32.2 Å². The van der Waals surface area contributed by atoms with Crippen LogP contribution in [0.15, 0.2) is 18.3 Å². The topological polar surface area (TPSA) is 58.4 Å². The van der Waals surface area contributed by atoms with Gasteiger partial charge >= 0.3 is 0 Å². The largest absolute Gasteiger partial charge is 0.477 e. The van der Waals surface area contributed by atoms with Gasteiger partial charge in [-0.3, -0.25) is 0 Å². The second-order valence-corrected chi connectivity index (χ2v) is 6.21. The molecule has 0 spiro atoms. The Morgan fingerprint density at radius 3 is 3.18 bits per heavy atom. The van der Waals surface area contributed by atoms with Gasteiger partial charge < -0.3 is 14.4 Å². The van der Waals surface area contributed by atoms with Crippen molar-refractivity contribution in [1.82, 2.24) is 9.88 Å². The highest BCUT2D eigenvalue weighted by molar-refractivity contribution is 5.31. The van der Waals surface area contributed by atoms with Gasteiger partial charge in [-0.1, -0.05) is 0 Å². The highest BCUT2D eigenvalue weighted by Crippen LogP contribution is 2.21. The zero-order valence-corrected chi connectivity index (χ0v) is 12.9. The minimum atomic E-state index is 0.425. The Hall–Kier alpha value is -1.64. The zero-order chi connectivity index (χ0) is 15.2. The first-order valence-corrected chi connectivity index (χ1v) is 8.16. The van der Waals surface area contributed by atoms with Gasteiger partial charge in [0.05, 0.1) is 24.3 Å². The van der Waals surface area contributed by atoms with Crippen LogP contribution in [0.25, 0.3) is 0 Å². The highest BCUT2D eigenvalue weighted by Gasteiger charge is 2.24. The smallest absolute Gasteiger partial charge is 0.214 e. The summed E-state index contributed by atoms with van der Waals surface area (Å²) in [5.41, 5.74) is 0.591. The summed E-state index contributed by atoms with van der Waals surface area (Å²) in [6.45, 7) is 4.88. The van der Waals surface area contributed by atoms with Crippen molar-refractivity contribution in [2.24, 2.45) is 5.92 Å². The van der Waals surface area contributed by atoms with Gasteiger partial charge in [0.25, 0.3) is 0 Å². The van der Waals surface area contributed by atoms with Gasteiger partial charge in [0, 0.05) is 37.9 Å². The number of hydrogen-bond acceptors (Lipinski definition) is 5. The molecule has 2 fully saturated rings. The first-order valence-electron chi connectivity index (χ1n) is 8.16. The molecule has 0 N–H and O–H groups in total. The van der Waals surface area contributed by atoms with E-state index < -0.39 is 0 Å². The van der Waals surface area contributed by atoms with Gasteiger partial charge in [0.15, 0.2) is 0 Å². The van der Waals surface area contributed by atoms with E-state index in [1.807, 2.05) is 0 Å². The molecule has 22 heavy (non-hydrogen) atoms. The van der Waals surface area contributed by atoms with Crippen molar-refractivity contribution in [2.75, 3.05) is 32.8 Å². The van der Waals surface area contributed by atoms with Crippen molar-refractivity contribution in [3.8, 4) is 11.9 Å². The maximum Gasteiger partial charge on any atom is 0.214 e. The number of rotatable bonds is 5. The number of hydrogen-bond donors (Lipinski definition) is 0. The van der Waals surface area contributed by atoms with Gasteiger partial charge in [-0.05, 0) is 38.3 Å². The Labute approximate surface area is 131 Å². The minimum Gasteiger partial charge on any atom is -0.477 e. The normalized spacial score (nSPS) is 25.8. The van der Waals surface area contributed by atoms with Gasteiger partial charge in [-0.15, -0.1) is 0 Å². The molecule has 0 bridgehead atoms. The van der Waals surface area contributed by atoms with E-state index in [2.05, 4.69) is 16.0 Å². The second kappa shape index (κ2) is 7.57. The van der Waals surface area contributed by atoms with Gasteiger partial charge in [0.2, 0.25) is 5.88 Å². The minimum absolute atomic E-state index is 0.425. The number of nitriles is 1. The summed E-state index contributed by atoms with van der Waals surface area (Å²) < 4.78 is 11.5. The molecule has 3 heterocycles. The Balaban J connectivity index is 1.46. The molecule has 0 saturated carbocycles. The molecule has 5 nitrogen and oxygen atoms in total. The van der Waals surface area contributed by atoms with Crippen LogP contribution < -0.4 is 4.74 Å². The fraction of sp³-hybridized carbons (Fsp3) is 0.647. The Morgan fingerprint density at radius 2 is 2.36 bits per heavy atom. The summed E-state index contributed by atoms with van der Waals surface area (Å²) >= 11 is 0. The SMILES string of the molecule is N#Cc1ccnc(OCC2CCCN(CC3CCCO3)C2)c1. The van der Waals surface area contributed by atoms with Crippen molar-refractivity contribution in [2.45, 2.75) is 31.8 Å². The van der Waals surface area contributed by atoms with Crippen LogP contribution in [0.3, 0.4) is 0 Å². The summed E-state index contributed by atoms with van der Waals surface area (Å²) in [5.74, 6) is 1.08. The van der Waals surface area contributed by atoms with Crippen molar-refractivity contribution >= 4 is 0 Å². The fourth-order valence-corrected chi connectivity index (χ4v) is 3.29. The number of ether oxygens (including phenoxy) is 2. The van der Waals surface area contributed by atoms with Crippen molar-refractivity contribution in [3.63, 3.8) is 0 Å². The lowest BCUT2D eigenvalue weighted by Crippen LogP contribution is -2.41. The van der Waals surface area contributed by atoms with Crippen molar-refractivity contribution in [1.29, 1.82) is 5.26 Å². The van der Waals surface area contributed by atoms with E-state index in [-0.39, 0.29) is 0 Å². The number of nitrogens with zero attached hydrogens (tertiary/aromatic N) is 3. The molecule has 3 rings (SSSR count). The van der Waals surface area contributed by atoms with Crippen LogP contribution in [0, 0.1) is 17.2 Å². The molecule has 2 aliphatic rings. The summed E-state index contributed by atoms with van der Waals surface area (Å²) in [5, 5.41) is 8.90. The lowest BCUT2D eigenvalue weighted by molar-refractivity contribution is 0.0492. The maximum absolute atomic E-state index is 8.90. The first kappa shape index (κ1) is 15.3. The quantitative estimate of drug-likeness (QED) is 0.834. The van der Waals surface area contributed by atoms with Crippen molar-refractivity contribution in [3.05, 3.63) is 23.9 Å². The van der Waals surface area contributed by atoms with Crippen LogP contribution in [0.4, 0.5) is 0 Å². The van der Waals surface area contributed by atoms with Gasteiger partial charge in [-0.2, -0.15) is 5.26 Å². The average Bonchev–Trinajstić information content (AvgIpc) is 3.06. The Kier molecular flexibility index (Phi) is 5.25. The van der Waals surface area contributed by atoms with Crippen LogP contribution >= 0.6 is 0 Å². The van der Waals surface area contributed by atoms with Crippen LogP contribution in [0.5, 0.6) is 5.88 Å². The maximum atomic E-state index is 8.90. The molecule has 0 amide bonds. The molecule has 1 aromatic rings. The van der Waals surface area contributed by atoms with Gasteiger partial charge in [-0.25, -0.2) is 4.98 Å². The molecule has 0 aromatic carbocycles. The Bertz CT molecular complexity index is 523. The molecule has 118 valence electrons. The van der Waals surface area contributed by atoms with Crippen LogP contribution in [0.2, 0.25) is 0 Å². The van der Waals surface area contributed by atoms with E-state index in [9.17, 15) is 0 Å². The molecule has 0 aliphatic carbocycles. The third kappa shape index (κ3) is 4.19. The zero-order valence-electron chi connectivity index (χ0n) is 12.9. The lowest BCUT2D eigenvalue weighted by atomic mass is 9.98. The molecule has 2 aliphatic heterocycles. The average molecular weight is 301 g/mol. The van der Waals surface area contributed by atoms with E-state index in [1.54, 1.807) is 18.3 Å². The summed E-state index contributed by atoms with van der Waals surface area (Å²) in [6.07, 6.45) is 6.85. The lowest BCUT2D eigenvalue weighted by Gasteiger charge is -2.33. The molecule has 2 saturated heterocycles. The van der Waals surface area contributed by atoms with Crippen LogP contribution in [0.1, 0.15) is 31.2 Å². The van der Waals surface area contributed by atoms with Crippen molar-refractivity contribution < 1.29 is 9.47 Å².